The molecule has 0 aliphatic carbocycles. The van der Waals surface area contributed by atoms with Gasteiger partial charge in [0, 0.05) is 31.9 Å². The molecule has 1 aromatic carbocycles. The van der Waals surface area contributed by atoms with Gasteiger partial charge in [-0.3, -0.25) is 0 Å². The van der Waals surface area contributed by atoms with E-state index < -0.39 is 0 Å². The quantitative estimate of drug-likeness (QED) is 0.406. The van der Waals surface area contributed by atoms with Crippen molar-refractivity contribution in [3.63, 3.8) is 0 Å². The predicted octanol–water partition coefficient (Wildman–Crippen LogP) is -0.342. The fourth-order valence-corrected chi connectivity index (χ4v) is 3.45. The zero-order valence-corrected chi connectivity index (χ0v) is 16.7. The molecule has 20 heavy (non-hydrogen) atoms. The second-order valence-electron chi connectivity index (χ2n) is 4.28. The van der Waals surface area contributed by atoms with Crippen LogP contribution in [0.5, 0.6) is 0 Å². The molecule has 2 nitrogen and oxygen atoms in total. The van der Waals surface area contributed by atoms with Gasteiger partial charge in [-0.15, -0.1) is 0 Å². The summed E-state index contributed by atoms with van der Waals surface area (Å²) in [7, 11) is 0. The molecule has 1 heterocycles. The van der Waals surface area contributed by atoms with E-state index in [9.17, 15) is 0 Å². The fourth-order valence-electron chi connectivity index (χ4n) is 1.88. The molecule has 1 aliphatic rings. The van der Waals surface area contributed by atoms with Gasteiger partial charge in [0.1, 0.15) is 4.32 Å². The molecule has 0 aromatic heterocycles. The summed E-state index contributed by atoms with van der Waals surface area (Å²) in [4.78, 5) is 4.30. The summed E-state index contributed by atoms with van der Waals surface area (Å²) in [6, 6.07) is 10.4. The van der Waals surface area contributed by atoms with Gasteiger partial charge in [-0.05, 0) is 5.56 Å². The Kier molecular flexibility index (Phi) is 8.90. The third-order valence-corrected chi connectivity index (χ3v) is 5.11. The van der Waals surface area contributed by atoms with Gasteiger partial charge in [0.15, 0.2) is 0 Å². The summed E-state index contributed by atoms with van der Waals surface area (Å²) in [5.41, 5.74) is 1.31. The molecule has 0 saturated carbocycles. The van der Waals surface area contributed by atoms with Crippen LogP contribution in [-0.4, -0.2) is 44.6 Å². The number of hydrogen-bond donors (Lipinski definition) is 0. The topological polar surface area (TPSA) is 6.48 Å². The predicted molar refractivity (Wildman–Crippen MR) is 93.4 cm³/mol. The normalized spacial score (nSPS) is 14.6. The monoisotopic (exact) mass is 350 g/mol. The van der Waals surface area contributed by atoms with Crippen molar-refractivity contribution in [2.45, 2.75) is 5.75 Å². The van der Waals surface area contributed by atoms with Crippen LogP contribution >= 0.6 is 36.2 Å². The van der Waals surface area contributed by atoms with Gasteiger partial charge in [0.05, 0.1) is 0 Å². The Balaban J connectivity index is 0.00000200. The van der Waals surface area contributed by atoms with Crippen molar-refractivity contribution in [3.05, 3.63) is 35.9 Å². The Bertz CT molecular complexity index is 447. The minimum Gasteiger partial charge on any atom is -0.411 e. The van der Waals surface area contributed by atoms with Gasteiger partial charge in [-0.1, -0.05) is 58.6 Å². The minimum absolute atomic E-state index is 0. The number of nitrogens with zero attached hydrogens (tertiary/aromatic N) is 2. The minimum atomic E-state index is 0. The number of piperazine rings is 1. The van der Waals surface area contributed by atoms with Crippen LogP contribution in [0.4, 0.5) is 0 Å². The van der Waals surface area contributed by atoms with Gasteiger partial charge < -0.3 is 34.6 Å². The second kappa shape index (κ2) is 9.56. The van der Waals surface area contributed by atoms with Crippen molar-refractivity contribution in [1.82, 2.24) is 9.80 Å². The summed E-state index contributed by atoms with van der Waals surface area (Å²) >= 11 is 17.3. The van der Waals surface area contributed by atoms with E-state index in [0.717, 1.165) is 36.3 Å². The average molecular weight is 351 g/mol. The first kappa shape index (κ1) is 18.6. The third-order valence-electron chi connectivity index (χ3n) is 3.00. The molecule has 0 radical (unpaired) electrons. The maximum atomic E-state index is 5.49. The van der Waals surface area contributed by atoms with Gasteiger partial charge in [-0.25, -0.2) is 0 Å². The Hall–Kier alpha value is 0.570. The molecule has 1 saturated heterocycles. The molecule has 0 atom stereocenters. The van der Waals surface area contributed by atoms with E-state index in [2.05, 4.69) is 34.1 Å². The smallest absolute Gasteiger partial charge is 0.411 e. The number of benzene rings is 1. The molecule has 0 amide bonds. The third kappa shape index (κ3) is 5.75. The maximum Gasteiger partial charge on any atom is 1.00 e. The van der Waals surface area contributed by atoms with Crippen LogP contribution in [0.3, 0.4) is 0 Å². The zero-order chi connectivity index (χ0) is 13.7. The zero-order valence-electron chi connectivity index (χ0n) is 11.4. The van der Waals surface area contributed by atoms with Crippen LogP contribution in [0.25, 0.3) is 0 Å². The van der Waals surface area contributed by atoms with E-state index in [0.29, 0.717) is 4.32 Å². The van der Waals surface area contributed by atoms with E-state index in [4.69, 9.17) is 37.1 Å². The van der Waals surface area contributed by atoms with E-state index >= 15 is 0 Å². The van der Waals surface area contributed by atoms with Crippen LogP contribution in [0.15, 0.2) is 30.3 Å². The first-order valence-corrected chi connectivity index (χ1v) is 8.29. The van der Waals surface area contributed by atoms with Crippen LogP contribution in [0, 0.1) is 0 Å². The van der Waals surface area contributed by atoms with E-state index in [1.807, 2.05) is 6.07 Å². The van der Waals surface area contributed by atoms with Crippen molar-refractivity contribution in [1.29, 1.82) is 0 Å². The van der Waals surface area contributed by atoms with Gasteiger partial charge >= 0.3 is 29.6 Å². The molecular formula is C13H15N2NaS4. The van der Waals surface area contributed by atoms with Crippen molar-refractivity contribution < 1.29 is 29.6 Å². The molecule has 2 rings (SSSR count). The van der Waals surface area contributed by atoms with Crippen LogP contribution < -0.4 is 29.6 Å². The van der Waals surface area contributed by atoms with E-state index in [-0.39, 0.29) is 29.6 Å². The van der Waals surface area contributed by atoms with E-state index in [1.54, 1.807) is 11.8 Å². The molecule has 1 aliphatic heterocycles. The summed E-state index contributed by atoms with van der Waals surface area (Å²) in [6.45, 7) is 3.59. The average Bonchev–Trinajstić information content (AvgIpc) is 2.46. The van der Waals surface area contributed by atoms with Crippen molar-refractivity contribution >= 4 is 57.5 Å². The standard InChI is InChI=1S/C13H16N2S4.Na/c16-12(17)14-6-8-15(9-7-14)13(18)19-10-11-4-2-1-3-5-11;/h1-5H,6-10H2,(H,16,17);/q;+1/p-1. The molecule has 0 spiro atoms. The van der Waals surface area contributed by atoms with Crippen LogP contribution in [0.2, 0.25) is 0 Å². The van der Waals surface area contributed by atoms with Crippen molar-refractivity contribution in [2.75, 3.05) is 26.2 Å². The molecule has 1 fully saturated rings. The first-order chi connectivity index (χ1) is 9.16. The summed E-state index contributed by atoms with van der Waals surface area (Å²) < 4.78 is 1.54. The van der Waals surface area contributed by atoms with Gasteiger partial charge in [0.25, 0.3) is 0 Å². The van der Waals surface area contributed by atoms with Crippen molar-refractivity contribution in [3.8, 4) is 0 Å². The first-order valence-electron chi connectivity index (χ1n) is 6.08. The molecule has 7 heteroatoms. The maximum absolute atomic E-state index is 5.49. The summed E-state index contributed by atoms with van der Waals surface area (Å²) in [6.07, 6.45) is 0. The Morgan fingerprint density at radius 2 is 1.60 bits per heavy atom. The number of thiocarbonyl (C=S) groups is 2. The molecule has 1 aromatic rings. The fraction of sp³-hybridized carbons (Fsp3) is 0.385. The Morgan fingerprint density at radius 1 is 1.05 bits per heavy atom. The molecule has 0 bridgehead atoms. The van der Waals surface area contributed by atoms with E-state index in [1.165, 1.54) is 5.56 Å². The second-order valence-corrected chi connectivity index (χ2v) is 6.92. The molecular weight excluding hydrogens is 335 g/mol. The van der Waals surface area contributed by atoms with Gasteiger partial charge in [-0.2, -0.15) is 0 Å². The van der Waals surface area contributed by atoms with Crippen LogP contribution in [-0.2, 0) is 18.4 Å². The number of thioether (sulfide) groups is 1. The Morgan fingerprint density at radius 3 is 2.15 bits per heavy atom. The number of rotatable bonds is 2. The van der Waals surface area contributed by atoms with Crippen LogP contribution in [0.1, 0.15) is 5.56 Å². The van der Waals surface area contributed by atoms with Gasteiger partial charge in [0.2, 0.25) is 0 Å². The van der Waals surface area contributed by atoms with Crippen molar-refractivity contribution in [2.24, 2.45) is 0 Å². The SMILES string of the molecule is S=C([S-])N1CCN(C(=S)SCc2ccccc2)CC1.[Na+]. The molecule has 102 valence electrons. The summed E-state index contributed by atoms with van der Waals surface area (Å²) in [5.74, 6) is 0.930. The molecule has 0 unspecified atom stereocenters. The number of hydrogen-bond acceptors (Lipinski definition) is 4. The largest absolute Gasteiger partial charge is 1.00 e. The molecule has 0 N–H and O–H groups in total. The summed E-state index contributed by atoms with van der Waals surface area (Å²) in [5, 5.41) is 0. The Labute approximate surface area is 163 Å².